The number of benzene rings is 5. The number of nitrogens with two attached hydrogens (primary N) is 1. The smallest absolute Gasteiger partial charge is 0.312 e. The summed E-state index contributed by atoms with van der Waals surface area (Å²) in [5.41, 5.74) is 9.77. The number of methoxy groups -OCH3 is 1. The number of para-hydroxylation sites is 2. The number of hydroxylamine groups is 2. The molecule has 556 valence electrons. The van der Waals surface area contributed by atoms with Gasteiger partial charge in [0.2, 0.25) is 23.6 Å². The lowest BCUT2D eigenvalue weighted by Gasteiger charge is -2.42. The number of fused-ring (bicyclic) bond motifs is 1. The van der Waals surface area contributed by atoms with Crippen LogP contribution in [0.25, 0.3) is 43.2 Å². The monoisotopic (exact) mass is 1500 g/mol. The van der Waals surface area contributed by atoms with Crippen molar-refractivity contribution in [3.05, 3.63) is 167 Å². The topological polar surface area (TPSA) is 360 Å². The van der Waals surface area contributed by atoms with Gasteiger partial charge in [0.05, 0.1) is 74.6 Å². The maximum Gasteiger partial charge on any atom is 0.312 e. The first-order chi connectivity index (χ1) is 50.3. The molecule has 32 heteroatoms. The number of primary amides is 1. The van der Waals surface area contributed by atoms with Crippen LogP contribution >= 0.6 is 22.9 Å². The molecular weight excluding hydrogens is 1420 g/mol. The largest absolute Gasteiger partial charge is 0.546 e. The standard InChI is InChI=1S/C73H82ClFN12O16S2/c1-44(2)64(83-60(88)25-34-98-35-31-86-101-37-38-102-86)68(89)84-65(45(3)23-26-78-73(76)93)69(90)82-51-20-17-49(59(40-51)105(94,95)96)41-87(5)32-28-85(29-33-87)30-36-99-57-22-21-53(46(4)63(57)74)61-62-70(79-43-80-71(62)104-66(61)47-15-18-50(75)19-16-47)103-58(72(91)92)39-48-11-7-9-13-55(48)100-42-52-24-27-77-67(81-52)54-12-8-10-14-56(54)97-6/h7-22,24,27,37-38,40,43-45,58,64-65H,23,25-26,28-36,39,41-42H2,1-6H3,(H7-,76,78,82,83,84,88,89,90,91,92,93,94,95,96)/t45?,58-,64+,65+/m1/s1. The number of hydrogen-bond donors (Lipinski definition) is 6. The second-order valence-electron chi connectivity index (χ2n) is 25.8. The van der Waals surface area contributed by atoms with E-state index in [0.717, 1.165) is 6.07 Å². The summed E-state index contributed by atoms with van der Waals surface area (Å²) in [6.07, 6.45) is 3.92. The highest BCUT2D eigenvalue weighted by Crippen LogP contribution is 2.50. The van der Waals surface area contributed by atoms with Crippen LogP contribution in [0.2, 0.25) is 5.02 Å². The van der Waals surface area contributed by atoms with Gasteiger partial charge in [-0.05, 0) is 108 Å². The number of hydrogen-bond acceptors (Lipinski definition) is 22. The minimum absolute atomic E-state index is 0.00915. The second-order valence-corrected chi connectivity index (χ2v) is 28.5. The number of quaternary nitrogens is 1. The van der Waals surface area contributed by atoms with Crippen LogP contribution in [0.4, 0.5) is 14.9 Å². The summed E-state index contributed by atoms with van der Waals surface area (Å²) in [6, 6.07) is 26.6. The number of piperazine rings is 1. The van der Waals surface area contributed by atoms with Gasteiger partial charge < -0.3 is 74.7 Å². The van der Waals surface area contributed by atoms with E-state index in [1.165, 1.54) is 59.7 Å². The van der Waals surface area contributed by atoms with Crippen molar-refractivity contribution in [1.82, 2.24) is 46.0 Å². The molecule has 5 amide bonds. The third-order valence-corrected chi connectivity index (χ3v) is 20.4. The number of carboxylic acid groups (broad SMARTS) is 1. The maximum absolute atomic E-state index is 14.5. The highest BCUT2D eigenvalue weighted by Gasteiger charge is 2.35. The Balaban J connectivity index is 0.781. The zero-order valence-electron chi connectivity index (χ0n) is 58.5. The average Bonchev–Trinajstić information content (AvgIpc) is 1.60. The molecule has 0 radical (unpaired) electrons. The average molecular weight is 1500 g/mol. The normalized spacial score (nSPS) is 14.8. The SMILES string of the molecule is COc1ccccc1-c1nccc(COc2ccccc2C[C@@H](Oc2ncnc3sc(-c4ccc(F)cc4)c(-c4ccc(OCCN5CC[N+](C)(Cc6ccc(NC(=O)[C@@H](NC(=O)[C@@H](NC(=O)CCOCCN7OC=CO7)C(C)C)C(C)CCNC(N)=O)cc6S(=O)(=O)O)CC5)c(Cl)c4C)c23)C(=O)[O-])n1. The summed E-state index contributed by atoms with van der Waals surface area (Å²) in [5.74, 6) is -3.17. The molecule has 0 aliphatic carbocycles. The van der Waals surface area contributed by atoms with E-state index in [9.17, 15) is 46.4 Å². The fraction of sp³-hybridized carbons (Fsp3) is 0.356. The summed E-state index contributed by atoms with van der Waals surface area (Å²) in [4.78, 5) is 97.1. The van der Waals surface area contributed by atoms with Crippen LogP contribution in [-0.2, 0) is 63.3 Å². The van der Waals surface area contributed by atoms with E-state index < -0.39 is 80.6 Å². The summed E-state index contributed by atoms with van der Waals surface area (Å²) >= 11 is 8.51. The van der Waals surface area contributed by atoms with Crippen molar-refractivity contribution < 1.29 is 84.3 Å². The molecule has 1 saturated heterocycles. The van der Waals surface area contributed by atoms with Crippen molar-refractivity contribution in [2.45, 2.75) is 83.2 Å². The van der Waals surface area contributed by atoms with Gasteiger partial charge in [-0.1, -0.05) is 80.9 Å². The zero-order chi connectivity index (χ0) is 75.0. The molecule has 5 heterocycles. The first-order valence-corrected chi connectivity index (χ1v) is 36.4. The third-order valence-electron chi connectivity index (χ3n) is 17.9. The van der Waals surface area contributed by atoms with Crippen LogP contribution in [0.1, 0.15) is 56.0 Å². The van der Waals surface area contributed by atoms with E-state index in [-0.39, 0.29) is 76.9 Å². The van der Waals surface area contributed by atoms with E-state index in [2.05, 4.69) is 41.1 Å². The molecule has 0 saturated carbocycles. The Kier molecular flexibility index (Phi) is 26.3. The van der Waals surface area contributed by atoms with Crippen molar-refractivity contribution >= 4 is 78.7 Å². The molecule has 3 aromatic heterocycles. The van der Waals surface area contributed by atoms with Gasteiger partial charge in [-0.25, -0.2) is 29.1 Å². The molecule has 5 aromatic carbocycles. The maximum atomic E-state index is 14.5. The number of carbonyl (C=O) groups is 5. The Morgan fingerprint density at radius 2 is 1.56 bits per heavy atom. The predicted octanol–water partition coefficient (Wildman–Crippen LogP) is 7.81. The van der Waals surface area contributed by atoms with E-state index in [0.29, 0.717) is 125 Å². The number of halogens is 2. The number of aliphatic carboxylic acids is 1. The Labute approximate surface area is 615 Å². The van der Waals surface area contributed by atoms with Crippen molar-refractivity contribution in [3.8, 4) is 56.1 Å². The second kappa shape index (κ2) is 35.6. The number of carbonyl (C=O) groups excluding carboxylic acids is 5. The van der Waals surface area contributed by atoms with Crippen LogP contribution < -0.4 is 51.1 Å². The molecule has 105 heavy (non-hydrogen) atoms. The molecule has 8 aromatic rings. The van der Waals surface area contributed by atoms with Crippen LogP contribution in [0, 0.1) is 24.6 Å². The van der Waals surface area contributed by atoms with Crippen molar-refractivity contribution in [2.75, 3.05) is 85.1 Å². The van der Waals surface area contributed by atoms with E-state index in [4.69, 9.17) is 55.7 Å². The molecule has 10 rings (SSSR count). The van der Waals surface area contributed by atoms with E-state index in [1.807, 2.05) is 44.3 Å². The molecule has 7 N–H and O–H groups in total. The van der Waals surface area contributed by atoms with Gasteiger partial charge in [0.25, 0.3) is 10.1 Å². The third kappa shape index (κ3) is 20.4. The summed E-state index contributed by atoms with van der Waals surface area (Å²) < 4.78 is 81.9. The molecule has 2 aliphatic heterocycles. The van der Waals surface area contributed by atoms with Gasteiger partial charge in [0, 0.05) is 72.1 Å². The number of likely N-dealkylation sites (N-methyl/N-ethyl adjacent to an activating group) is 1. The van der Waals surface area contributed by atoms with Crippen LogP contribution in [0.15, 0.2) is 139 Å². The lowest BCUT2D eigenvalue weighted by Crippen LogP contribution is -2.57. The Morgan fingerprint density at radius 1 is 0.829 bits per heavy atom. The first-order valence-electron chi connectivity index (χ1n) is 33.8. The number of aromatic nitrogens is 4. The predicted molar refractivity (Wildman–Crippen MR) is 386 cm³/mol. The van der Waals surface area contributed by atoms with Crippen molar-refractivity contribution in [3.63, 3.8) is 0 Å². The molecule has 1 fully saturated rings. The van der Waals surface area contributed by atoms with Crippen LogP contribution in [-0.4, -0.2) is 175 Å². The number of nitrogens with one attached hydrogen (secondary N) is 4. The Bertz CT molecular complexity index is 4560. The molecular formula is C73H82ClFN12O16S2. The van der Waals surface area contributed by atoms with Gasteiger partial charge in [-0.2, -0.15) is 8.42 Å². The van der Waals surface area contributed by atoms with Crippen molar-refractivity contribution in [1.29, 1.82) is 0 Å². The number of nitrogens with zero attached hydrogens (tertiary/aromatic N) is 7. The summed E-state index contributed by atoms with van der Waals surface area (Å²) in [7, 11) is -1.32. The fourth-order valence-corrected chi connectivity index (χ4v) is 14.2. The number of ether oxygens (including phenoxy) is 5. The summed E-state index contributed by atoms with van der Waals surface area (Å²) in [5, 5.41) is 25.7. The van der Waals surface area contributed by atoms with Crippen LogP contribution in [0.3, 0.4) is 0 Å². The highest BCUT2D eigenvalue weighted by atomic mass is 35.5. The minimum atomic E-state index is -4.86. The van der Waals surface area contributed by atoms with Gasteiger partial charge >= 0.3 is 6.03 Å². The van der Waals surface area contributed by atoms with Gasteiger partial charge in [0.15, 0.2) is 18.3 Å². The fourth-order valence-electron chi connectivity index (χ4n) is 12.1. The minimum Gasteiger partial charge on any atom is -0.546 e. The summed E-state index contributed by atoms with van der Waals surface area (Å²) in [6.45, 7) is 10.7. The molecule has 2 aliphatic rings. The molecule has 1 unspecified atom stereocenters. The molecule has 4 atom stereocenters. The molecule has 28 nitrogen and oxygen atoms in total. The lowest BCUT2D eigenvalue weighted by atomic mass is 9.95. The molecule has 0 bridgehead atoms. The van der Waals surface area contributed by atoms with Gasteiger partial charge in [0.1, 0.15) is 77.1 Å². The lowest BCUT2D eigenvalue weighted by molar-refractivity contribution is -0.926. The van der Waals surface area contributed by atoms with Crippen molar-refractivity contribution in [2.24, 2.45) is 17.6 Å². The Hall–Kier alpha value is -10.1. The highest BCUT2D eigenvalue weighted by molar-refractivity contribution is 7.85. The number of anilines is 1. The van der Waals surface area contributed by atoms with E-state index in [1.54, 1.807) is 82.6 Å². The number of thiophene rings is 1. The first kappa shape index (κ1) is 77.5. The number of rotatable bonds is 35. The zero-order valence-corrected chi connectivity index (χ0v) is 60.9. The number of amides is 5. The molecule has 0 spiro atoms. The number of carboxylic acids is 1. The Morgan fingerprint density at radius 3 is 2.28 bits per heavy atom. The quantitative estimate of drug-likeness (QED) is 0.0125. The van der Waals surface area contributed by atoms with Gasteiger partial charge in [-0.3, -0.25) is 23.8 Å². The van der Waals surface area contributed by atoms with E-state index >= 15 is 0 Å². The van der Waals surface area contributed by atoms with Gasteiger partial charge in [-0.15, -0.1) is 11.3 Å². The van der Waals surface area contributed by atoms with Crippen LogP contribution in [0.5, 0.6) is 23.1 Å². The number of urea groups is 1.